The first-order valence-electron chi connectivity index (χ1n) is 5.25. The van der Waals surface area contributed by atoms with E-state index < -0.39 is 5.97 Å². The monoisotopic (exact) mass is 255 g/mol. The number of carbonyl (C=O) groups excluding carboxylic acids is 1. The summed E-state index contributed by atoms with van der Waals surface area (Å²) in [6.07, 6.45) is 0. The lowest BCUT2D eigenvalue weighted by atomic mass is 10.2. The molecule has 1 aromatic heterocycles. The quantitative estimate of drug-likeness (QED) is 0.803. The number of aromatic nitrogens is 1. The van der Waals surface area contributed by atoms with Crippen molar-refractivity contribution >= 4 is 28.3 Å². The van der Waals surface area contributed by atoms with E-state index in [-0.39, 0.29) is 16.8 Å². The first-order valence-corrected chi connectivity index (χ1v) is 6.07. The van der Waals surface area contributed by atoms with Crippen LogP contribution in [0.5, 0.6) is 0 Å². The molecule has 2 N–H and O–H groups in total. The molecule has 0 saturated carbocycles. The molecule has 1 aliphatic rings. The van der Waals surface area contributed by atoms with Gasteiger partial charge in [-0.1, -0.05) is 11.3 Å². The zero-order chi connectivity index (χ0) is 12.6. The van der Waals surface area contributed by atoms with E-state index in [1.807, 2.05) is 4.90 Å². The predicted octanol–water partition coefficient (Wildman–Crippen LogP) is 0.474. The summed E-state index contributed by atoms with van der Waals surface area (Å²) in [4.78, 5) is 28.7. The van der Waals surface area contributed by atoms with Crippen LogP contribution in [0.25, 0.3) is 0 Å². The summed E-state index contributed by atoms with van der Waals surface area (Å²) in [7, 11) is 0. The summed E-state index contributed by atoms with van der Waals surface area (Å²) in [6.45, 7) is 4.66. The van der Waals surface area contributed by atoms with E-state index >= 15 is 0 Å². The van der Waals surface area contributed by atoms with Crippen molar-refractivity contribution < 1.29 is 14.7 Å². The average Bonchev–Trinajstić information content (AvgIpc) is 2.64. The van der Waals surface area contributed by atoms with Gasteiger partial charge in [0.1, 0.15) is 10.9 Å². The van der Waals surface area contributed by atoms with Crippen LogP contribution >= 0.6 is 11.3 Å². The van der Waals surface area contributed by atoms with Crippen LogP contribution in [-0.2, 0) is 4.79 Å². The summed E-state index contributed by atoms with van der Waals surface area (Å²) < 4.78 is 0. The summed E-state index contributed by atoms with van der Waals surface area (Å²) in [6, 6.07) is -0.309. The smallest absolute Gasteiger partial charge is 0.347 e. The minimum Gasteiger partial charge on any atom is -0.477 e. The standard InChI is InChI=1S/C10H13N3O3S/c1-5-7(9(15)16)17-10(12-5)13-4-3-11-8(14)6(13)2/h6H,3-4H2,1-2H3,(H,11,14)(H,15,16). The first kappa shape index (κ1) is 11.8. The molecular weight excluding hydrogens is 242 g/mol. The van der Waals surface area contributed by atoms with Gasteiger partial charge in [0.15, 0.2) is 5.13 Å². The maximum absolute atomic E-state index is 11.5. The van der Waals surface area contributed by atoms with E-state index in [0.29, 0.717) is 23.9 Å². The maximum Gasteiger partial charge on any atom is 0.347 e. The number of hydrogen-bond donors (Lipinski definition) is 2. The number of carbonyl (C=O) groups is 2. The van der Waals surface area contributed by atoms with Crippen molar-refractivity contribution in [2.45, 2.75) is 19.9 Å². The second-order valence-corrected chi connectivity index (χ2v) is 4.85. The Morgan fingerprint density at radius 3 is 2.94 bits per heavy atom. The second kappa shape index (κ2) is 4.33. The van der Waals surface area contributed by atoms with Gasteiger partial charge < -0.3 is 15.3 Å². The number of aromatic carboxylic acids is 1. The highest BCUT2D eigenvalue weighted by Crippen LogP contribution is 2.28. The highest BCUT2D eigenvalue weighted by atomic mass is 32.1. The number of amides is 1. The molecule has 1 saturated heterocycles. The Kier molecular flexibility index (Phi) is 3.01. The van der Waals surface area contributed by atoms with E-state index in [1.54, 1.807) is 13.8 Å². The Morgan fingerprint density at radius 1 is 1.65 bits per heavy atom. The lowest BCUT2D eigenvalue weighted by Crippen LogP contribution is -2.54. The highest BCUT2D eigenvalue weighted by Gasteiger charge is 2.28. The van der Waals surface area contributed by atoms with Gasteiger partial charge >= 0.3 is 5.97 Å². The summed E-state index contributed by atoms with van der Waals surface area (Å²) in [5.41, 5.74) is 0.496. The van der Waals surface area contributed by atoms with Gasteiger partial charge in [0.25, 0.3) is 0 Å². The number of anilines is 1. The number of carboxylic acid groups (broad SMARTS) is 1. The Balaban J connectivity index is 2.30. The van der Waals surface area contributed by atoms with Crippen LogP contribution in [0.1, 0.15) is 22.3 Å². The molecule has 1 amide bonds. The van der Waals surface area contributed by atoms with Gasteiger partial charge in [-0.05, 0) is 13.8 Å². The topological polar surface area (TPSA) is 82.5 Å². The van der Waals surface area contributed by atoms with E-state index in [1.165, 1.54) is 0 Å². The molecule has 0 aromatic carbocycles. The fraction of sp³-hybridized carbons (Fsp3) is 0.500. The molecule has 1 aromatic rings. The van der Waals surface area contributed by atoms with Gasteiger partial charge in [0.2, 0.25) is 5.91 Å². The van der Waals surface area contributed by atoms with Gasteiger partial charge in [0, 0.05) is 13.1 Å². The van der Waals surface area contributed by atoms with Crippen molar-refractivity contribution in [3.05, 3.63) is 10.6 Å². The zero-order valence-electron chi connectivity index (χ0n) is 9.56. The normalized spacial score (nSPS) is 20.2. The molecule has 92 valence electrons. The van der Waals surface area contributed by atoms with Crippen molar-refractivity contribution in [3.8, 4) is 0 Å². The average molecular weight is 255 g/mol. The van der Waals surface area contributed by atoms with Gasteiger partial charge in [-0.25, -0.2) is 9.78 Å². The summed E-state index contributed by atoms with van der Waals surface area (Å²) in [5.74, 6) is -1.03. The highest BCUT2D eigenvalue weighted by molar-refractivity contribution is 7.17. The molecule has 17 heavy (non-hydrogen) atoms. The maximum atomic E-state index is 11.5. The number of carboxylic acids is 1. The molecule has 1 unspecified atom stereocenters. The Labute approximate surface area is 102 Å². The second-order valence-electron chi connectivity index (χ2n) is 3.88. The summed E-state index contributed by atoms with van der Waals surface area (Å²) >= 11 is 1.12. The van der Waals surface area contributed by atoms with Crippen molar-refractivity contribution in [2.75, 3.05) is 18.0 Å². The predicted molar refractivity (Wildman–Crippen MR) is 63.6 cm³/mol. The molecule has 0 radical (unpaired) electrons. The Bertz CT molecular complexity index is 471. The van der Waals surface area contributed by atoms with Crippen LogP contribution in [0.4, 0.5) is 5.13 Å². The van der Waals surface area contributed by atoms with E-state index in [4.69, 9.17) is 5.11 Å². The minimum absolute atomic E-state index is 0.0546. The fourth-order valence-corrected chi connectivity index (χ4v) is 2.76. The van der Waals surface area contributed by atoms with Crippen molar-refractivity contribution in [1.29, 1.82) is 0 Å². The molecule has 6 nitrogen and oxygen atoms in total. The molecular formula is C10H13N3O3S. The molecule has 0 spiro atoms. The third-order valence-electron chi connectivity index (χ3n) is 2.72. The van der Waals surface area contributed by atoms with Crippen LogP contribution in [0.3, 0.4) is 0 Å². The van der Waals surface area contributed by atoms with Crippen LogP contribution < -0.4 is 10.2 Å². The van der Waals surface area contributed by atoms with Crippen molar-refractivity contribution in [1.82, 2.24) is 10.3 Å². The molecule has 2 heterocycles. The minimum atomic E-state index is -0.972. The number of thiazole rings is 1. The van der Waals surface area contributed by atoms with E-state index in [9.17, 15) is 9.59 Å². The largest absolute Gasteiger partial charge is 0.477 e. The van der Waals surface area contributed by atoms with Crippen LogP contribution in [0.15, 0.2) is 0 Å². The number of hydrogen-bond acceptors (Lipinski definition) is 5. The van der Waals surface area contributed by atoms with Crippen LogP contribution in [0.2, 0.25) is 0 Å². The van der Waals surface area contributed by atoms with Crippen LogP contribution in [-0.4, -0.2) is 41.1 Å². The first-order chi connectivity index (χ1) is 8.00. The van der Waals surface area contributed by atoms with Gasteiger partial charge in [0.05, 0.1) is 5.69 Å². The molecule has 0 aliphatic carbocycles. The number of piperazine rings is 1. The van der Waals surface area contributed by atoms with E-state index in [0.717, 1.165) is 11.3 Å². The van der Waals surface area contributed by atoms with Gasteiger partial charge in [-0.3, -0.25) is 4.79 Å². The third-order valence-corrected chi connectivity index (χ3v) is 3.91. The molecule has 0 bridgehead atoms. The number of nitrogens with zero attached hydrogens (tertiary/aromatic N) is 2. The lowest BCUT2D eigenvalue weighted by molar-refractivity contribution is -0.122. The van der Waals surface area contributed by atoms with Crippen molar-refractivity contribution in [3.63, 3.8) is 0 Å². The number of nitrogens with one attached hydrogen (secondary N) is 1. The fourth-order valence-electron chi connectivity index (χ4n) is 1.75. The lowest BCUT2D eigenvalue weighted by Gasteiger charge is -2.32. The molecule has 1 aliphatic heterocycles. The van der Waals surface area contributed by atoms with Crippen molar-refractivity contribution in [2.24, 2.45) is 0 Å². The number of rotatable bonds is 2. The van der Waals surface area contributed by atoms with Gasteiger partial charge in [-0.15, -0.1) is 0 Å². The molecule has 1 atom stereocenters. The number of aryl methyl sites for hydroxylation is 1. The van der Waals surface area contributed by atoms with Crippen LogP contribution in [0, 0.1) is 6.92 Å². The van der Waals surface area contributed by atoms with Gasteiger partial charge in [-0.2, -0.15) is 0 Å². The Morgan fingerprint density at radius 2 is 2.35 bits per heavy atom. The SMILES string of the molecule is Cc1nc(N2CCNC(=O)C2C)sc1C(=O)O. The Hall–Kier alpha value is -1.63. The third kappa shape index (κ3) is 2.10. The summed E-state index contributed by atoms with van der Waals surface area (Å²) in [5, 5.41) is 12.3. The van der Waals surface area contributed by atoms with E-state index in [2.05, 4.69) is 10.3 Å². The molecule has 1 fully saturated rings. The molecule has 2 rings (SSSR count). The zero-order valence-corrected chi connectivity index (χ0v) is 10.4. The molecule has 7 heteroatoms.